The minimum absolute atomic E-state index is 0.0449. The van der Waals surface area contributed by atoms with Crippen molar-refractivity contribution in [3.63, 3.8) is 0 Å². The van der Waals surface area contributed by atoms with Crippen LogP contribution in [0.4, 0.5) is 0 Å². The fourth-order valence-corrected chi connectivity index (χ4v) is 1.20. The molecule has 90 valence electrons. The van der Waals surface area contributed by atoms with Crippen molar-refractivity contribution in [3.05, 3.63) is 0 Å². The molecule has 0 aliphatic rings. The summed E-state index contributed by atoms with van der Waals surface area (Å²) in [5.41, 5.74) is -4.48. The number of carbonyl (C=O) groups excluding carboxylic acids is 1. The fraction of sp³-hybridized carbons (Fsp3) is 0.889. The van der Waals surface area contributed by atoms with Gasteiger partial charge in [0, 0.05) is 0 Å². The van der Waals surface area contributed by atoms with Crippen LogP contribution < -0.4 is 0 Å². The van der Waals surface area contributed by atoms with Gasteiger partial charge in [0.05, 0.1) is 6.10 Å². The Balaban J connectivity index is 5.07. The molecule has 0 heterocycles. The number of aliphatic hydroxyl groups excluding tert-OH is 3. The van der Waals surface area contributed by atoms with Gasteiger partial charge < -0.3 is 30.3 Å². The van der Waals surface area contributed by atoms with Gasteiger partial charge in [-0.25, -0.2) is 0 Å². The van der Waals surface area contributed by atoms with Gasteiger partial charge >= 0.3 is 0 Å². The zero-order valence-electron chi connectivity index (χ0n) is 8.95. The average molecular weight is 222 g/mol. The summed E-state index contributed by atoms with van der Waals surface area (Å²) < 4.78 is 0. The van der Waals surface area contributed by atoms with Crippen LogP contribution in [0.2, 0.25) is 0 Å². The molecule has 0 aromatic heterocycles. The van der Waals surface area contributed by atoms with Gasteiger partial charge in [0.1, 0.15) is 23.4 Å². The fourth-order valence-electron chi connectivity index (χ4n) is 1.20. The molecule has 0 aliphatic heterocycles. The lowest BCUT2D eigenvalue weighted by Crippen LogP contribution is -2.65. The molecule has 6 heteroatoms. The maximum Gasteiger partial charge on any atom is 0.151 e. The summed E-state index contributed by atoms with van der Waals surface area (Å²) in [7, 11) is 0. The third kappa shape index (κ3) is 2.53. The minimum atomic E-state index is -2.26. The maximum absolute atomic E-state index is 10.3. The predicted molar refractivity (Wildman–Crippen MR) is 51.0 cm³/mol. The van der Waals surface area contributed by atoms with Gasteiger partial charge in [-0.15, -0.1) is 0 Å². The van der Waals surface area contributed by atoms with Gasteiger partial charge in [-0.05, 0) is 20.8 Å². The lowest BCUT2D eigenvalue weighted by Gasteiger charge is -2.43. The molecule has 5 atom stereocenters. The minimum Gasteiger partial charge on any atom is -0.391 e. The molecule has 5 N–H and O–H groups in total. The molecule has 0 saturated heterocycles. The Morgan fingerprint density at radius 3 is 1.73 bits per heavy atom. The Bertz CT molecular complexity index is 223. The summed E-state index contributed by atoms with van der Waals surface area (Å²) in [5.74, 6) is 0. The first-order chi connectivity index (χ1) is 6.59. The summed E-state index contributed by atoms with van der Waals surface area (Å²) in [6.45, 7) is 3.23. The predicted octanol–water partition coefficient (Wildman–Crippen LogP) is -2.21. The highest BCUT2D eigenvalue weighted by Gasteiger charge is 2.52. The van der Waals surface area contributed by atoms with Crippen molar-refractivity contribution < 1.29 is 30.3 Å². The van der Waals surface area contributed by atoms with E-state index in [9.17, 15) is 25.2 Å². The normalized spacial score (nSPS) is 25.9. The zero-order chi connectivity index (χ0) is 12.4. The second-order valence-corrected chi connectivity index (χ2v) is 4.06. The topological polar surface area (TPSA) is 118 Å². The summed E-state index contributed by atoms with van der Waals surface area (Å²) in [6, 6.07) is 0. The molecule has 15 heavy (non-hydrogen) atoms. The number of aliphatic hydroxyl groups is 5. The van der Waals surface area contributed by atoms with E-state index in [1.165, 1.54) is 6.92 Å². The standard InChI is InChI=1S/C9H18O6/c1-5(11)7(13)9(3,15)8(2,14)6(12)4-10/h4-7,11-15H,1-3H3/t5?,6-,7+,8+,9-/m0/s1. The van der Waals surface area contributed by atoms with E-state index in [0.29, 0.717) is 0 Å². The van der Waals surface area contributed by atoms with Gasteiger partial charge in [-0.1, -0.05) is 0 Å². The number of hydrogen-bond donors (Lipinski definition) is 5. The van der Waals surface area contributed by atoms with Crippen LogP contribution in [0.25, 0.3) is 0 Å². The zero-order valence-corrected chi connectivity index (χ0v) is 8.95. The van der Waals surface area contributed by atoms with Crippen molar-refractivity contribution in [2.24, 2.45) is 0 Å². The first kappa shape index (κ1) is 14.5. The molecule has 0 fully saturated rings. The van der Waals surface area contributed by atoms with Crippen LogP contribution in [-0.4, -0.2) is 61.3 Å². The van der Waals surface area contributed by atoms with Crippen LogP contribution in [0.1, 0.15) is 20.8 Å². The van der Waals surface area contributed by atoms with Gasteiger partial charge in [-0.2, -0.15) is 0 Å². The quantitative estimate of drug-likeness (QED) is 0.337. The average Bonchev–Trinajstić information content (AvgIpc) is 2.14. The van der Waals surface area contributed by atoms with E-state index >= 15 is 0 Å². The monoisotopic (exact) mass is 222 g/mol. The van der Waals surface area contributed by atoms with Crippen LogP contribution in [0.3, 0.4) is 0 Å². The van der Waals surface area contributed by atoms with Crippen molar-refractivity contribution in [3.8, 4) is 0 Å². The van der Waals surface area contributed by atoms with E-state index in [0.717, 1.165) is 13.8 Å². The number of hydrogen-bond acceptors (Lipinski definition) is 6. The smallest absolute Gasteiger partial charge is 0.151 e. The maximum atomic E-state index is 10.3. The number of aldehydes is 1. The number of rotatable bonds is 5. The Kier molecular flexibility index (Phi) is 4.38. The van der Waals surface area contributed by atoms with Gasteiger partial charge in [0.15, 0.2) is 6.29 Å². The molecule has 0 saturated carbocycles. The Morgan fingerprint density at radius 2 is 1.47 bits per heavy atom. The lowest BCUT2D eigenvalue weighted by atomic mass is 9.76. The van der Waals surface area contributed by atoms with Crippen LogP contribution >= 0.6 is 0 Å². The van der Waals surface area contributed by atoms with E-state index in [-0.39, 0.29) is 6.29 Å². The molecule has 0 amide bonds. The Hall–Kier alpha value is -0.530. The molecule has 1 unspecified atom stereocenters. The van der Waals surface area contributed by atoms with Crippen LogP contribution in [-0.2, 0) is 4.79 Å². The molecular weight excluding hydrogens is 204 g/mol. The number of carbonyl (C=O) groups is 1. The molecule has 0 aromatic rings. The van der Waals surface area contributed by atoms with Crippen molar-refractivity contribution >= 4 is 6.29 Å². The highest BCUT2D eigenvalue weighted by atomic mass is 16.4. The van der Waals surface area contributed by atoms with Crippen molar-refractivity contribution in [2.75, 3.05) is 0 Å². The second kappa shape index (κ2) is 4.54. The highest BCUT2D eigenvalue weighted by Crippen LogP contribution is 2.29. The van der Waals surface area contributed by atoms with Gasteiger partial charge in [-0.3, -0.25) is 0 Å². The van der Waals surface area contributed by atoms with Crippen LogP contribution in [0.5, 0.6) is 0 Å². The van der Waals surface area contributed by atoms with E-state index in [2.05, 4.69) is 0 Å². The highest BCUT2D eigenvalue weighted by molar-refractivity contribution is 5.58. The molecule has 0 radical (unpaired) electrons. The van der Waals surface area contributed by atoms with Crippen molar-refractivity contribution in [2.45, 2.75) is 50.3 Å². The summed E-state index contributed by atoms with van der Waals surface area (Å²) in [5, 5.41) is 47.2. The summed E-state index contributed by atoms with van der Waals surface area (Å²) in [4.78, 5) is 10.3. The largest absolute Gasteiger partial charge is 0.391 e. The first-order valence-electron chi connectivity index (χ1n) is 4.53. The van der Waals surface area contributed by atoms with E-state index in [4.69, 9.17) is 5.11 Å². The second-order valence-electron chi connectivity index (χ2n) is 4.06. The third-order valence-corrected chi connectivity index (χ3v) is 2.76. The molecular formula is C9H18O6. The molecule has 0 spiro atoms. The van der Waals surface area contributed by atoms with Crippen LogP contribution in [0.15, 0.2) is 0 Å². The van der Waals surface area contributed by atoms with E-state index in [1.54, 1.807) is 0 Å². The van der Waals surface area contributed by atoms with Crippen molar-refractivity contribution in [1.29, 1.82) is 0 Å². The summed E-state index contributed by atoms with van der Waals surface area (Å²) in [6.07, 6.45) is -4.82. The van der Waals surface area contributed by atoms with Gasteiger partial charge in [0.2, 0.25) is 0 Å². The molecule has 0 bridgehead atoms. The lowest BCUT2D eigenvalue weighted by molar-refractivity contribution is -0.232. The Labute approximate surface area is 87.8 Å². The SMILES string of the molecule is CC(O)[C@@H](O)[C@](C)(O)[C@](C)(O)[C@@H](O)C=O. The third-order valence-electron chi connectivity index (χ3n) is 2.76. The molecule has 0 rings (SSSR count). The molecule has 0 aliphatic carbocycles. The molecule has 0 aromatic carbocycles. The van der Waals surface area contributed by atoms with Crippen molar-refractivity contribution in [1.82, 2.24) is 0 Å². The van der Waals surface area contributed by atoms with Gasteiger partial charge in [0.25, 0.3) is 0 Å². The first-order valence-corrected chi connectivity index (χ1v) is 4.53. The summed E-state index contributed by atoms with van der Waals surface area (Å²) >= 11 is 0. The van der Waals surface area contributed by atoms with E-state index < -0.39 is 29.5 Å². The Morgan fingerprint density at radius 1 is 1.07 bits per heavy atom. The van der Waals surface area contributed by atoms with Crippen LogP contribution in [0, 0.1) is 0 Å². The van der Waals surface area contributed by atoms with E-state index in [1.807, 2.05) is 0 Å². The molecule has 6 nitrogen and oxygen atoms in total.